The fraction of sp³-hybridized carbons (Fsp3) is 1.00. The fourth-order valence-electron chi connectivity index (χ4n) is 1.12. The lowest BCUT2D eigenvalue weighted by molar-refractivity contribution is 0.366. The van der Waals surface area contributed by atoms with Crippen LogP contribution >= 0.6 is 8.58 Å². The molecular formula is C8H19B2F8P-2. The average Bonchev–Trinajstić information content (AvgIpc) is 1.63. The van der Waals surface area contributed by atoms with Gasteiger partial charge < -0.3 is 34.5 Å². The van der Waals surface area contributed by atoms with E-state index in [1.807, 2.05) is 0 Å². The smallest absolute Gasteiger partial charge is 0.418 e. The second-order valence-corrected chi connectivity index (χ2v) is 8.86. The first-order valence-electron chi connectivity index (χ1n) is 5.25. The zero-order chi connectivity index (χ0) is 16.7. The van der Waals surface area contributed by atoms with E-state index in [-0.39, 0.29) is 0 Å². The highest BCUT2D eigenvalue weighted by Gasteiger charge is 2.21. The number of rotatable bonds is 0. The fourth-order valence-corrected chi connectivity index (χ4v) is 3.38. The van der Waals surface area contributed by atoms with Crippen LogP contribution in [0, 0.1) is 0 Å². The Kier molecular flexibility index (Phi) is 10.5. The molecule has 0 rings (SSSR count). The summed E-state index contributed by atoms with van der Waals surface area (Å²) in [5.41, 5.74) is 0. The molecule has 0 aliphatic rings. The van der Waals surface area contributed by atoms with E-state index in [4.69, 9.17) is 0 Å². The van der Waals surface area contributed by atoms with Gasteiger partial charge in [-0.3, -0.25) is 0 Å². The molecule has 0 saturated heterocycles. The third-order valence-corrected chi connectivity index (χ3v) is 2.25. The first-order chi connectivity index (χ1) is 7.71. The summed E-state index contributed by atoms with van der Waals surface area (Å²) < 4.78 is 78.0. The van der Waals surface area contributed by atoms with Crippen LogP contribution in [0.4, 0.5) is 34.5 Å². The highest BCUT2D eigenvalue weighted by Crippen LogP contribution is 2.41. The van der Waals surface area contributed by atoms with Crippen LogP contribution in [0.3, 0.4) is 0 Å². The van der Waals surface area contributed by atoms with Gasteiger partial charge in [-0.1, -0.05) is 41.5 Å². The largest absolute Gasteiger partial charge is 0.673 e. The molecule has 0 radical (unpaired) electrons. The summed E-state index contributed by atoms with van der Waals surface area (Å²) in [6.07, 6.45) is 0. The van der Waals surface area contributed by atoms with Gasteiger partial charge in [-0.15, -0.1) is 8.58 Å². The van der Waals surface area contributed by atoms with E-state index in [9.17, 15) is 34.5 Å². The van der Waals surface area contributed by atoms with Gasteiger partial charge in [0.1, 0.15) is 0 Å². The first kappa shape index (κ1) is 24.0. The minimum Gasteiger partial charge on any atom is -0.418 e. The van der Waals surface area contributed by atoms with Crippen molar-refractivity contribution in [1.82, 2.24) is 0 Å². The molecule has 0 aliphatic heterocycles. The maximum Gasteiger partial charge on any atom is 0.673 e. The molecule has 0 N–H and O–H groups in total. The second-order valence-electron chi connectivity index (χ2n) is 5.61. The van der Waals surface area contributed by atoms with Crippen LogP contribution < -0.4 is 0 Å². The molecule has 0 aromatic carbocycles. The molecule has 0 amide bonds. The van der Waals surface area contributed by atoms with Crippen LogP contribution in [-0.2, 0) is 0 Å². The summed E-state index contributed by atoms with van der Waals surface area (Å²) in [6.45, 7) is 13.8. The number of hydrogen-bond acceptors (Lipinski definition) is 0. The third-order valence-electron chi connectivity index (χ3n) is 0.750. The predicted molar refractivity (Wildman–Crippen MR) is 68.2 cm³/mol. The molecule has 0 aromatic rings. The molecule has 0 unspecified atom stereocenters. The zero-order valence-corrected chi connectivity index (χ0v) is 12.7. The Balaban J connectivity index is -0.000000219. The van der Waals surface area contributed by atoms with Crippen molar-refractivity contribution in [2.24, 2.45) is 0 Å². The van der Waals surface area contributed by atoms with E-state index in [1.54, 1.807) is 0 Å². The molecule has 0 fully saturated rings. The van der Waals surface area contributed by atoms with E-state index < -0.39 is 14.5 Å². The van der Waals surface area contributed by atoms with E-state index >= 15 is 0 Å². The van der Waals surface area contributed by atoms with Crippen LogP contribution in [-0.4, -0.2) is 24.8 Å². The van der Waals surface area contributed by atoms with Gasteiger partial charge in [0.2, 0.25) is 0 Å². The predicted octanol–water partition coefficient (Wildman–Crippen LogP) is 5.86. The van der Waals surface area contributed by atoms with Crippen LogP contribution in [0.1, 0.15) is 41.5 Å². The standard InChI is InChI=1S/C8H19P.2BF4/c1-7(2,3)9-8(4,5)6;2*2-1(3,4)5/h9H,1-6H3;;/q;2*-1. The van der Waals surface area contributed by atoms with Gasteiger partial charge in [0.25, 0.3) is 0 Å². The van der Waals surface area contributed by atoms with Crippen LogP contribution in [0.5, 0.6) is 0 Å². The van der Waals surface area contributed by atoms with Crippen molar-refractivity contribution in [2.75, 3.05) is 0 Å². The average molecular weight is 320 g/mol. The Hall–Kier alpha value is -0.000130. The van der Waals surface area contributed by atoms with Gasteiger partial charge in [-0.05, 0) is 10.3 Å². The van der Waals surface area contributed by atoms with Crippen LogP contribution in [0.25, 0.3) is 0 Å². The van der Waals surface area contributed by atoms with Crippen molar-refractivity contribution < 1.29 is 34.5 Å². The Labute approximate surface area is 110 Å². The molecule has 19 heavy (non-hydrogen) atoms. The Bertz CT molecular complexity index is 189. The van der Waals surface area contributed by atoms with Crippen molar-refractivity contribution in [2.45, 2.75) is 51.9 Å². The summed E-state index contributed by atoms with van der Waals surface area (Å²) in [5.74, 6) is 0. The Morgan fingerprint density at radius 2 is 0.632 bits per heavy atom. The van der Waals surface area contributed by atoms with Crippen molar-refractivity contribution in [3.63, 3.8) is 0 Å². The lowest BCUT2D eigenvalue weighted by Gasteiger charge is -2.28. The van der Waals surface area contributed by atoms with Gasteiger partial charge in [0.05, 0.1) is 0 Å². The van der Waals surface area contributed by atoms with Crippen molar-refractivity contribution >= 4 is 23.1 Å². The molecule has 0 heterocycles. The van der Waals surface area contributed by atoms with E-state index in [0.717, 1.165) is 8.58 Å². The quantitative estimate of drug-likeness (QED) is 0.298. The molecule has 120 valence electrons. The van der Waals surface area contributed by atoms with Crippen LogP contribution in [0.15, 0.2) is 0 Å². The summed E-state index contributed by atoms with van der Waals surface area (Å²) in [5, 5.41) is 1.02. The molecule has 0 spiro atoms. The highest BCUT2D eigenvalue weighted by molar-refractivity contribution is 7.41. The normalized spacial score (nSPS) is 12.9. The summed E-state index contributed by atoms with van der Waals surface area (Å²) in [4.78, 5) is 0. The van der Waals surface area contributed by atoms with E-state index in [1.165, 1.54) is 0 Å². The lowest BCUT2D eigenvalue weighted by atomic mass is 10.2. The molecule has 0 aromatic heterocycles. The van der Waals surface area contributed by atoms with Crippen LogP contribution in [0.2, 0.25) is 0 Å². The summed E-state index contributed by atoms with van der Waals surface area (Å²) >= 11 is 0. The molecule has 0 bridgehead atoms. The first-order valence-corrected chi connectivity index (χ1v) is 6.25. The second kappa shape index (κ2) is 8.32. The topological polar surface area (TPSA) is 0 Å². The van der Waals surface area contributed by atoms with Crippen molar-refractivity contribution in [3.05, 3.63) is 0 Å². The molecule has 11 heteroatoms. The zero-order valence-electron chi connectivity index (χ0n) is 11.7. The monoisotopic (exact) mass is 320 g/mol. The van der Waals surface area contributed by atoms with Gasteiger partial charge >= 0.3 is 14.5 Å². The molecule has 0 aliphatic carbocycles. The minimum atomic E-state index is -6.00. The number of halogens is 8. The molecule has 0 saturated carbocycles. The minimum absolute atomic E-state index is 0.512. The summed E-state index contributed by atoms with van der Waals surface area (Å²) in [7, 11) is -10.9. The molecular weight excluding hydrogens is 301 g/mol. The maximum absolute atomic E-state index is 9.75. The summed E-state index contributed by atoms with van der Waals surface area (Å²) in [6, 6.07) is 0. The molecule has 0 atom stereocenters. The van der Waals surface area contributed by atoms with Gasteiger partial charge in [0, 0.05) is 0 Å². The Morgan fingerprint density at radius 3 is 0.632 bits per heavy atom. The van der Waals surface area contributed by atoms with Crippen molar-refractivity contribution in [1.29, 1.82) is 0 Å². The SMILES string of the molecule is CC(C)(C)PC(C)(C)C.F[B-](F)(F)F.F[B-](F)(F)F. The highest BCUT2D eigenvalue weighted by atomic mass is 31.1. The van der Waals surface area contributed by atoms with E-state index in [2.05, 4.69) is 41.5 Å². The lowest BCUT2D eigenvalue weighted by Crippen LogP contribution is -2.16. The van der Waals surface area contributed by atoms with Gasteiger partial charge in [0.15, 0.2) is 0 Å². The maximum atomic E-state index is 9.75. The Morgan fingerprint density at radius 1 is 0.526 bits per heavy atom. The number of hydrogen-bond donors (Lipinski definition) is 0. The third kappa shape index (κ3) is 128. The van der Waals surface area contributed by atoms with Crippen molar-refractivity contribution in [3.8, 4) is 0 Å². The molecule has 0 nitrogen and oxygen atoms in total. The van der Waals surface area contributed by atoms with Gasteiger partial charge in [-0.25, -0.2) is 0 Å². The van der Waals surface area contributed by atoms with E-state index in [0.29, 0.717) is 10.3 Å². The van der Waals surface area contributed by atoms with Gasteiger partial charge in [-0.2, -0.15) is 0 Å².